The maximum absolute atomic E-state index is 12.8. The minimum absolute atomic E-state index is 0.0510. The van der Waals surface area contributed by atoms with Crippen LogP contribution >= 0.6 is 0 Å². The Morgan fingerprint density at radius 1 is 1.00 bits per heavy atom. The van der Waals surface area contributed by atoms with Gasteiger partial charge in [-0.3, -0.25) is 4.79 Å². The van der Waals surface area contributed by atoms with Gasteiger partial charge >= 0.3 is 5.91 Å². The fourth-order valence-electron chi connectivity index (χ4n) is 3.61. The lowest BCUT2D eigenvalue weighted by atomic mass is 10.1. The third-order valence-electron chi connectivity index (χ3n) is 5.40. The second kappa shape index (κ2) is 9.58. The first kappa shape index (κ1) is 21.4. The van der Waals surface area contributed by atoms with Gasteiger partial charge in [-0.1, -0.05) is 54.6 Å². The molecule has 0 bridgehead atoms. The SMILES string of the molecule is C/C(CCc1ccc2c(c1)OCO2)=N\NC(=O)c1nc(-c2ccccc2)n(-c2ccccc2)n1. The van der Waals surface area contributed by atoms with Gasteiger partial charge in [0, 0.05) is 11.3 Å². The van der Waals surface area contributed by atoms with Crippen LogP contribution in [0.25, 0.3) is 17.1 Å². The van der Waals surface area contributed by atoms with E-state index in [-0.39, 0.29) is 12.6 Å². The molecule has 1 aromatic heterocycles. The number of fused-ring (bicyclic) bond motifs is 1. The highest BCUT2D eigenvalue weighted by molar-refractivity contribution is 5.92. The van der Waals surface area contributed by atoms with Crippen molar-refractivity contribution in [2.75, 3.05) is 6.79 Å². The molecule has 34 heavy (non-hydrogen) atoms. The molecule has 170 valence electrons. The topological polar surface area (TPSA) is 90.6 Å². The van der Waals surface area contributed by atoms with Crippen LogP contribution < -0.4 is 14.9 Å². The Kier molecular flexibility index (Phi) is 6.03. The molecule has 1 N–H and O–H groups in total. The molecule has 0 aliphatic carbocycles. The van der Waals surface area contributed by atoms with E-state index in [9.17, 15) is 4.79 Å². The summed E-state index contributed by atoms with van der Waals surface area (Å²) in [5.41, 5.74) is 6.17. The number of hydrazone groups is 1. The number of hydrogen-bond acceptors (Lipinski definition) is 6. The van der Waals surface area contributed by atoms with Crippen molar-refractivity contribution < 1.29 is 14.3 Å². The number of nitrogens with one attached hydrogen (secondary N) is 1. The summed E-state index contributed by atoms with van der Waals surface area (Å²) >= 11 is 0. The number of aromatic nitrogens is 3. The van der Waals surface area contributed by atoms with E-state index in [0.29, 0.717) is 12.2 Å². The summed E-state index contributed by atoms with van der Waals surface area (Å²) in [5, 5.41) is 8.70. The van der Waals surface area contributed by atoms with Gasteiger partial charge < -0.3 is 9.47 Å². The molecule has 0 saturated carbocycles. The molecule has 0 spiro atoms. The summed E-state index contributed by atoms with van der Waals surface area (Å²) in [6, 6.07) is 25.1. The highest BCUT2D eigenvalue weighted by atomic mass is 16.7. The van der Waals surface area contributed by atoms with E-state index in [1.165, 1.54) is 0 Å². The van der Waals surface area contributed by atoms with Crippen molar-refractivity contribution in [3.05, 3.63) is 90.3 Å². The number of para-hydroxylation sites is 1. The van der Waals surface area contributed by atoms with E-state index >= 15 is 0 Å². The number of amides is 1. The molecule has 5 rings (SSSR count). The van der Waals surface area contributed by atoms with Gasteiger partial charge in [0.25, 0.3) is 0 Å². The summed E-state index contributed by atoms with van der Waals surface area (Å²) in [7, 11) is 0. The van der Waals surface area contributed by atoms with Crippen molar-refractivity contribution in [1.29, 1.82) is 0 Å². The van der Waals surface area contributed by atoms with Crippen LogP contribution in [-0.4, -0.2) is 33.2 Å². The molecule has 2 heterocycles. The quantitative estimate of drug-likeness (QED) is 0.331. The lowest BCUT2D eigenvalue weighted by Gasteiger charge is -2.05. The number of ether oxygens (including phenoxy) is 2. The minimum Gasteiger partial charge on any atom is -0.454 e. The fraction of sp³-hybridized carbons (Fsp3) is 0.154. The monoisotopic (exact) mass is 453 g/mol. The molecule has 1 aliphatic rings. The maximum Gasteiger partial charge on any atom is 0.311 e. The summed E-state index contributed by atoms with van der Waals surface area (Å²) in [5.74, 6) is 1.69. The Bertz CT molecular complexity index is 1280. The van der Waals surface area contributed by atoms with Crippen LogP contribution in [0.5, 0.6) is 11.5 Å². The lowest BCUT2D eigenvalue weighted by Crippen LogP contribution is -2.21. The molecule has 0 unspecified atom stereocenters. The Balaban J connectivity index is 1.29. The van der Waals surface area contributed by atoms with Crippen LogP contribution in [0.3, 0.4) is 0 Å². The number of carbonyl (C=O) groups excluding carboxylic acids is 1. The minimum atomic E-state index is -0.464. The summed E-state index contributed by atoms with van der Waals surface area (Å²) in [6.45, 7) is 2.13. The average Bonchev–Trinajstić information content (AvgIpc) is 3.54. The Morgan fingerprint density at radius 3 is 2.53 bits per heavy atom. The van der Waals surface area contributed by atoms with Crippen LogP contribution in [0.1, 0.15) is 29.5 Å². The molecule has 8 nitrogen and oxygen atoms in total. The third kappa shape index (κ3) is 4.66. The molecule has 3 aromatic carbocycles. The third-order valence-corrected chi connectivity index (χ3v) is 5.40. The molecule has 4 aromatic rings. The molecule has 1 amide bonds. The number of carbonyl (C=O) groups is 1. The first-order chi connectivity index (χ1) is 16.7. The molecular weight excluding hydrogens is 430 g/mol. The number of hydrogen-bond donors (Lipinski definition) is 1. The van der Waals surface area contributed by atoms with Gasteiger partial charge in [0.05, 0.1) is 5.69 Å². The molecule has 0 saturated heterocycles. The van der Waals surface area contributed by atoms with Crippen molar-refractivity contribution >= 4 is 11.6 Å². The van der Waals surface area contributed by atoms with E-state index in [4.69, 9.17) is 9.47 Å². The van der Waals surface area contributed by atoms with Gasteiger partial charge in [-0.05, 0) is 49.6 Å². The Morgan fingerprint density at radius 2 is 1.74 bits per heavy atom. The van der Waals surface area contributed by atoms with Crippen LogP contribution in [-0.2, 0) is 6.42 Å². The van der Waals surface area contributed by atoms with Gasteiger partial charge in [0.15, 0.2) is 17.3 Å². The van der Waals surface area contributed by atoms with E-state index < -0.39 is 5.91 Å². The van der Waals surface area contributed by atoms with Crippen molar-refractivity contribution in [1.82, 2.24) is 20.2 Å². The van der Waals surface area contributed by atoms with Gasteiger partial charge in [0.1, 0.15) is 0 Å². The van der Waals surface area contributed by atoms with Crippen LogP contribution in [0.4, 0.5) is 0 Å². The number of nitrogens with zero attached hydrogens (tertiary/aromatic N) is 4. The first-order valence-electron chi connectivity index (χ1n) is 11.0. The van der Waals surface area contributed by atoms with E-state index in [2.05, 4.69) is 20.6 Å². The number of rotatable bonds is 7. The smallest absolute Gasteiger partial charge is 0.311 e. The molecule has 1 aliphatic heterocycles. The first-order valence-corrected chi connectivity index (χ1v) is 11.0. The molecular formula is C26H23N5O3. The zero-order valence-electron chi connectivity index (χ0n) is 18.6. The van der Waals surface area contributed by atoms with Gasteiger partial charge in [-0.25, -0.2) is 15.1 Å². The molecule has 0 fully saturated rings. The Labute approximate surface area is 196 Å². The van der Waals surface area contributed by atoms with E-state index in [1.54, 1.807) is 4.68 Å². The van der Waals surface area contributed by atoms with E-state index in [1.807, 2.05) is 85.8 Å². The lowest BCUT2D eigenvalue weighted by molar-refractivity contribution is 0.0944. The van der Waals surface area contributed by atoms with Gasteiger partial charge in [-0.2, -0.15) is 5.10 Å². The van der Waals surface area contributed by atoms with Crippen LogP contribution in [0.15, 0.2) is 84.0 Å². The average molecular weight is 454 g/mol. The Hall–Kier alpha value is -4.46. The van der Waals surface area contributed by atoms with Crippen LogP contribution in [0, 0.1) is 0 Å². The number of aryl methyl sites for hydroxylation is 1. The van der Waals surface area contributed by atoms with E-state index in [0.717, 1.165) is 40.4 Å². The van der Waals surface area contributed by atoms with Crippen molar-refractivity contribution in [2.24, 2.45) is 5.10 Å². The van der Waals surface area contributed by atoms with Gasteiger partial charge in [-0.15, -0.1) is 5.10 Å². The normalized spacial score (nSPS) is 12.6. The second-order valence-electron chi connectivity index (χ2n) is 7.85. The zero-order valence-corrected chi connectivity index (χ0v) is 18.6. The fourth-order valence-corrected chi connectivity index (χ4v) is 3.61. The highest BCUT2D eigenvalue weighted by Gasteiger charge is 2.18. The van der Waals surface area contributed by atoms with Crippen molar-refractivity contribution in [3.8, 4) is 28.6 Å². The van der Waals surface area contributed by atoms with Crippen LogP contribution in [0.2, 0.25) is 0 Å². The molecule has 0 atom stereocenters. The highest BCUT2D eigenvalue weighted by Crippen LogP contribution is 2.32. The molecule has 0 radical (unpaired) electrons. The number of benzene rings is 3. The second-order valence-corrected chi connectivity index (χ2v) is 7.85. The standard InChI is InChI=1S/C26H23N5O3/c1-18(12-13-19-14-15-22-23(16-19)34-17-33-22)28-29-26(32)24-27-25(20-8-4-2-5-9-20)31(30-24)21-10-6-3-7-11-21/h2-11,14-16H,12-13,17H2,1H3,(H,29,32)/b28-18+. The van der Waals surface area contributed by atoms with Gasteiger partial charge in [0.2, 0.25) is 12.6 Å². The summed E-state index contributed by atoms with van der Waals surface area (Å²) < 4.78 is 12.4. The van der Waals surface area contributed by atoms with Crippen molar-refractivity contribution in [2.45, 2.75) is 19.8 Å². The van der Waals surface area contributed by atoms with Crippen molar-refractivity contribution in [3.63, 3.8) is 0 Å². The largest absolute Gasteiger partial charge is 0.454 e. The summed E-state index contributed by atoms with van der Waals surface area (Å²) in [6.07, 6.45) is 1.45. The zero-order chi connectivity index (χ0) is 23.3. The summed E-state index contributed by atoms with van der Waals surface area (Å²) in [4.78, 5) is 17.3. The predicted octanol–water partition coefficient (Wildman–Crippen LogP) is 4.40. The predicted molar refractivity (Wildman–Crippen MR) is 128 cm³/mol. The maximum atomic E-state index is 12.8. The molecule has 8 heteroatoms.